The number of unbranched alkanes of at least 4 members (excludes halogenated alkanes) is 1. The van der Waals surface area contributed by atoms with E-state index >= 15 is 0 Å². The minimum absolute atomic E-state index is 0.00684. The van der Waals surface area contributed by atoms with Crippen LogP contribution in [-0.2, 0) is 27.8 Å². The molecule has 0 amide bonds. The molecule has 1 atom stereocenters. The summed E-state index contributed by atoms with van der Waals surface area (Å²) in [5, 5.41) is 19.9. The smallest absolute Gasteiger partial charge is 0.276 e. The van der Waals surface area contributed by atoms with E-state index in [9.17, 15) is 18.3 Å². The van der Waals surface area contributed by atoms with Gasteiger partial charge in [-0.05, 0) is 74.0 Å². The summed E-state index contributed by atoms with van der Waals surface area (Å²) in [5.41, 5.74) is 3.14. The number of likely N-dealkylation sites (N-methyl/N-ethyl adjacent to an activating group) is 1. The van der Waals surface area contributed by atoms with Crippen molar-refractivity contribution in [3.63, 3.8) is 0 Å². The van der Waals surface area contributed by atoms with E-state index in [2.05, 4.69) is 15.1 Å². The molecular weight excluding hydrogens is 490 g/mol. The van der Waals surface area contributed by atoms with Crippen molar-refractivity contribution in [2.45, 2.75) is 43.5 Å². The maximum absolute atomic E-state index is 13.0. The van der Waals surface area contributed by atoms with Crippen molar-refractivity contribution in [3.8, 4) is 0 Å². The maximum atomic E-state index is 13.0. The second kappa shape index (κ2) is 10.4. The van der Waals surface area contributed by atoms with Crippen LogP contribution in [0.2, 0.25) is 0 Å². The number of sulfonamides is 1. The number of carboxylic acids is 1. The summed E-state index contributed by atoms with van der Waals surface area (Å²) in [6.07, 6.45) is 4.38. The van der Waals surface area contributed by atoms with Crippen LogP contribution < -0.4 is 5.11 Å². The number of rotatable bonds is 9. The molecule has 0 aliphatic carbocycles. The van der Waals surface area contributed by atoms with Gasteiger partial charge in [0.2, 0.25) is 10.0 Å². The normalized spacial score (nSPS) is 22.5. The van der Waals surface area contributed by atoms with E-state index in [0.29, 0.717) is 36.9 Å². The maximum Gasteiger partial charge on any atom is 0.276 e. The molecular formula is C27H33N5O4S. The zero-order valence-electron chi connectivity index (χ0n) is 21.2. The first-order valence-electron chi connectivity index (χ1n) is 12.9. The third kappa shape index (κ3) is 5.11. The van der Waals surface area contributed by atoms with E-state index in [1.54, 1.807) is 10.4 Å². The molecule has 0 aromatic heterocycles. The van der Waals surface area contributed by atoms with Crippen LogP contribution in [0, 0.1) is 0 Å². The number of carboxylic acid groups (broad SMARTS) is 1. The Morgan fingerprint density at radius 1 is 1.00 bits per heavy atom. The van der Waals surface area contributed by atoms with E-state index in [1.165, 1.54) is 5.56 Å². The number of amidine groups is 2. The monoisotopic (exact) mass is 523 g/mol. The molecule has 0 spiro atoms. The Labute approximate surface area is 218 Å². The van der Waals surface area contributed by atoms with Gasteiger partial charge in [0.1, 0.15) is 0 Å². The Morgan fingerprint density at radius 3 is 2.49 bits per heavy atom. The highest BCUT2D eigenvalue weighted by molar-refractivity contribution is 7.89. The average Bonchev–Trinajstić information content (AvgIpc) is 3.56. The molecule has 2 aromatic carbocycles. The zero-order valence-corrected chi connectivity index (χ0v) is 22.0. The van der Waals surface area contributed by atoms with Gasteiger partial charge in [0.05, 0.1) is 24.1 Å². The van der Waals surface area contributed by atoms with E-state index < -0.39 is 16.0 Å². The number of carbonyl (C=O) groups excluding carboxylic acids is 1. The molecule has 1 fully saturated rings. The molecule has 0 radical (unpaired) electrons. The van der Waals surface area contributed by atoms with Gasteiger partial charge in [-0.3, -0.25) is 4.90 Å². The third-order valence-corrected chi connectivity index (χ3v) is 9.59. The van der Waals surface area contributed by atoms with E-state index in [-0.39, 0.29) is 10.3 Å². The number of benzene rings is 2. The molecule has 10 heteroatoms. The summed E-state index contributed by atoms with van der Waals surface area (Å²) >= 11 is 0. The highest BCUT2D eigenvalue weighted by Crippen LogP contribution is 2.27. The first-order valence-corrected chi connectivity index (χ1v) is 14.4. The highest BCUT2D eigenvalue weighted by atomic mass is 32.2. The molecule has 3 heterocycles. The SMILES string of the molecule is C[N+]1(CCCCN2CCc3ccc(S(=O)(=O)N4CCCC4)cc3C2)C(C(=O)[O-])=NN=C1c1ccccc1. The molecule has 3 aliphatic heterocycles. The number of aliphatic carboxylic acids is 1. The second-order valence-corrected chi connectivity index (χ2v) is 12.1. The molecule has 0 N–H and O–H groups in total. The van der Waals surface area contributed by atoms with Gasteiger partial charge in [0.15, 0.2) is 5.97 Å². The van der Waals surface area contributed by atoms with Gasteiger partial charge in [0.25, 0.3) is 11.7 Å². The molecule has 0 bridgehead atoms. The number of hydrogen-bond donors (Lipinski definition) is 0. The second-order valence-electron chi connectivity index (χ2n) is 10.2. The minimum atomic E-state index is -3.43. The molecule has 5 rings (SSSR count). The molecule has 3 aliphatic rings. The number of fused-ring (bicyclic) bond motifs is 1. The Morgan fingerprint density at radius 2 is 1.76 bits per heavy atom. The fourth-order valence-corrected chi connectivity index (χ4v) is 7.13. The molecule has 37 heavy (non-hydrogen) atoms. The summed E-state index contributed by atoms with van der Waals surface area (Å²) < 4.78 is 27.6. The van der Waals surface area contributed by atoms with Crippen molar-refractivity contribution in [1.82, 2.24) is 9.21 Å². The standard InChI is InChI=1S/C27H33N5O4S/c1-32(25(22-9-3-2-4-10-22)28-29-26(32)27(33)34)18-8-7-14-30-17-13-21-11-12-24(19-23(21)20-30)37(35,36)31-15-5-6-16-31/h2-4,9-12,19H,5-8,13-18,20H2,1H3. The van der Waals surface area contributed by atoms with Gasteiger partial charge in [-0.25, -0.2) is 12.9 Å². The Kier molecular flexibility index (Phi) is 7.26. The molecule has 0 saturated carbocycles. The summed E-state index contributed by atoms with van der Waals surface area (Å²) in [7, 11) is -1.60. The first-order chi connectivity index (χ1) is 17.8. The van der Waals surface area contributed by atoms with Crippen molar-refractivity contribution in [2.75, 3.05) is 39.8 Å². The fraction of sp³-hybridized carbons (Fsp3) is 0.444. The molecule has 196 valence electrons. The molecule has 9 nitrogen and oxygen atoms in total. The third-order valence-electron chi connectivity index (χ3n) is 7.69. The van der Waals surface area contributed by atoms with Crippen molar-refractivity contribution < 1.29 is 22.8 Å². The van der Waals surface area contributed by atoms with Crippen LogP contribution in [0.1, 0.15) is 42.4 Å². The predicted molar refractivity (Wildman–Crippen MR) is 139 cm³/mol. The lowest BCUT2D eigenvalue weighted by atomic mass is 9.99. The number of nitrogens with zero attached hydrogens (tertiary/aromatic N) is 5. The van der Waals surface area contributed by atoms with Gasteiger partial charge in [0, 0.05) is 26.2 Å². The van der Waals surface area contributed by atoms with E-state index in [4.69, 9.17) is 0 Å². The van der Waals surface area contributed by atoms with Crippen molar-refractivity contribution in [3.05, 3.63) is 65.2 Å². The van der Waals surface area contributed by atoms with Gasteiger partial charge in [-0.15, -0.1) is 0 Å². The van der Waals surface area contributed by atoms with Crippen molar-refractivity contribution in [2.24, 2.45) is 10.2 Å². The summed E-state index contributed by atoms with van der Waals surface area (Å²) in [6.45, 7) is 4.22. The lowest BCUT2D eigenvalue weighted by Gasteiger charge is -2.32. The van der Waals surface area contributed by atoms with Gasteiger partial charge in [-0.2, -0.15) is 4.31 Å². The number of quaternary nitrogens is 1. The fourth-order valence-electron chi connectivity index (χ4n) is 5.56. The Balaban J connectivity index is 1.21. The van der Waals surface area contributed by atoms with Crippen LogP contribution in [0.3, 0.4) is 0 Å². The van der Waals surface area contributed by atoms with Crippen LogP contribution in [-0.4, -0.2) is 79.5 Å². The molecule has 1 saturated heterocycles. The molecule has 1 unspecified atom stereocenters. The molecule has 2 aromatic rings. The minimum Gasteiger partial charge on any atom is -0.539 e. The van der Waals surface area contributed by atoms with Gasteiger partial charge < -0.3 is 9.90 Å². The van der Waals surface area contributed by atoms with Crippen LogP contribution >= 0.6 is 0 Å². The first kappa shape index (κ1) is 25.7. The Hall–Kier alpha value is -2.92. The quantitative estimate of drug-likeness (QED) is 0.367. The lowest BCUT2D eigenvalue weighted by Crippen LogP contribution is -2.58. The van der Waals surface area contributed by atoms with Crippen molar-refractivity contribution in [1.29, 1.82) is 0 Å². The summed E-state index contributed by atoms with van der Waals surface area (Å²) in [6, 6.07) is 15.1. The average molecular weight is 524 g/mol. The number of hydrogen-bond acceptors (Lipinski definition) is 7. The zero-order chi connectivity index (χ0) is 26.0. The van der Waals surface area contributed by atoms with Crippen LogP contribution in [0.4, 0.5) is 0 Å². The van der Waals surface area contributed by atoms with E-state index in [0.717, 1.165) is 56.3 Å². The highest BCUT2D eigenvalue weighted by Gasteiger charge is 2.42. The van der Waals surface area contributed by atoms with Crippen LogP contribution in [0.25, 0.3) is 0 Å². The van der Waals surface area contributed by atoms with Crippen LogP contribution in [0.15, 0.2) is 63.6 Å². The topological polar surface area (TPSA) is 105 Å². The van der Waals surface area contributed by atoms with Crippen LogP contribution in [0.5, 0.6) is 0 Å². The largest absolute Gasteiger partial charge is 0.539 e. The summed E-state index contributed by atoms with van der Waals surface area (Å²) in [4.78, 5) is 14.5. The summed E-state index contributed by atoms with van der Waals surface area (Å²) in [5.74, 6) is -0.763. The van der Waals surface area contributed by atoms with Gasteiger partial charge >= 0.3 is 0 Å². The Bertz CT molecular complexity index is 1340. The van der Waals surface area contributed by atoms with E-state index in [1.807, 2.05) is 49.5 Å². The predicted octanol–water partition coefficient (Wildman–Crippen LogP) is 1.58. The lowest BCUT2D eigenvalue weighted by molar-refractivity contribution is -0.721. The van der Waals surface area contributed by atoms with Gasteiger partial charge in [-0.1, -0.05) is 34.5 Å². The number of carbonyl (C=O) groups is 1. The van der Waals surface area contributed by atoms with Crippen molar-refractivity contribution >= 4 is 27.7 Å².